The van der Waals surface area contributed by atoms with Gasteiger partial charge in [-0.05, 0) is 0 Å². The molecule has 0 aromatic heterocycles. The first-order valence-electron chi connectivity index (χ1n) is 3.33. The molecule has 7 nitrogen and oxygen atoms in total. The van der Waals surface area contributed by atoms with Crippen LogP contribution in [-0.4, -0.2) is 68.3 Å². The lowest BCUT2D eigenvalue weighted by atomic mass is 10.0. The summed E-state index contributed by atoms with van der Waals surface area (Å²) in [6, 6.07) is 0. The van der Waals surface area contributed by atoms with Crippen LogP contribution in [0.2, 0.25) is 0 Å². The number of carbonyl (C=O) groups excluding carboxylic acids is 1. The van der Waals surface area contributed by atoms with Crippen LogP contribution in [0.15, 0.2) is 0 Å². The minimum atomic E-state index is -1.79. The molecule has 0 amide bonds. The second kappa shape index (κ2) is 6.89. The lowest BCUT2D eigenvalue weighted by Crippen LogP contribution is -2.46. The van der Waals surface area contributed by atoms with Crippen LogP contribution >= 0.6 is 0 Å². The van der Waals surface area contributed by atoms with Crippen molar-refractivity contribution in [1.29, 1.82) is 0 Å². The maximum Gasteiger partial charge on any atom is 0.151 e. The fraction of sp³-hybridized carbons (Fsp3) is 0.833. The zero-order valence-electron chi connectivity index (χ0n) is 6.74. The summed E-state index contributed by atoms with van der Waals surface area (Å²) >= 11 is 0. The summed E-state index contributed by atoms with van der Waals surface area (Å²) in [5.41, 5.74) is 0. The molecule has 7 heteroatoms. The van der Waals surface area contributed by atoms with Gasteiger partial charge in [0.2, 0.25) is 0 Å². The molecular formula is C6H14O7. The molecule has 0 aromatic carbocycles. The first-order valence-corrected chi connectivity index (χ1v) is 3.33. The van der Waals surface area contributed by atoms with Crippen molar-refractivity contribution in [3.8, 4) is 0 Å². The molecule has 7 N–H and O–H groups in total. The Balaban J connectivity index is 0. The molecule has 0 aliphatic carbocycles. The van der Waals surface area contributed by atoms with E-state index >= 15 is 0 Å². The Morgan fingerprint density at radius 1 is 1.08 bits per heavy atom. The zero-order chi connectivity index (χ0) is 9.72. The Hall–Kier alpha value is -0.570. The molecule has 0 bridgehead atoms. The van der Waals surface area contributed by atoms with E-state index in [2.05, 4.69) is 0 Å². The van der Waals surface area contributed by atoms with Crippen LogP contribution in [0.4, 0.5) is 0 Å². The molecule has 0 saturated carbocycles. The summed E-state index contributed by atoms with van der Waals surface area (Å²) in [4.78, 5) is 9.90. The van der Waals surface area contributed by atoms with Crippen molar-refractivity contribution in [3.63, 3.8) is 0 Å². The quantitative estimate of drug-likeness (QED) is 0.283. The molecule has 0 rings (SSSR count). The minimum absolute atomic E-state index is 0. The molecule has 0 radical (unpaired) electrons. The number of rotatable bonds is 5. The maximum absolute atomic E-state index is 9.90. The third-order valence-electron chi connectivity index (χ3n) is 1.42. The Bertz CT molecular complexity index is 139. The molecule has 0 fully saturated rings. The Kier molecular flexibility index (Phi) is 7.92. The first-order chi connectivity index (χ1) is 5.54. The highest BCUT2D eigenvalue weighted by Crippen LogP contribution is 2.02. The van der Waals surface area contributed by atoms with E-state index in [-0.39, 0.29) is 11.8 Å². The molecule has 0 aliphatic rings. The predicted octanol–water partition coefficient (Wildman–Crippen LogP) is -4.20. The molecule has 0 aliphatic heterocycles. The van der Waals surface area contributed by atoms with E-state index < -0.39 is 31.0 Å². The van der Waals surface area contributed by atoms with Crippen molar-refractivity contribution in [2.24, 2.45) is 0 Å². The van der Waals surface area contributed by atoms with Gasteiger partial charge in [0.1, 0.15) is 24.4 Å². The molecule has 0 saturated heterocycles. The van der Waals surface area contributed by atoms with Gasteiger partial charge in [0.05, 0.1) is 6.61 Å². The second-order valence-electron chi connectivity index (χ2n) is 2.36. The van der Waals surface area contributed by atoms with E-state index in [4.69, 9.17) is 25.5 Å². The van der Waals surface area contributed by atoms with E-state index in [0.29, 0.717) is 0 Å². The molecule has 0 aromatic rings. The Morgan fingerprint density at radius 3 is 1.85 bits per heavy atom. The average molecular weight is 198 g/mol. The fourth-order valence-electron chi connectivity index (χ4n) is 0.618. The Labute approximate surface area is 74.2 Å². The van der Waals surface area contributed by atoms with Crippen molar-refractivity contribution < 1.29 is 35.8 Å². The van der Waals surface area contributed by atoms with Gasteiger partial charge in [-0.2, -0.15) is 0 Å². The van der Waals surface area contributed by atoms with Gasteiger partial charge in [-0.15, -0.1) is 0 Å². The number of carbonyl (C=O) groups is 1. The minimum Gasteiger partial charge on any atom is -0.412 e. The van der Waals surface area contributed by atoms with Gasteiger partial charge in [-0.3, -0.25) is 0 Å². The van der Waals surface area contributed by atoms with Crippen molar-refractivity contribution in [3.05, 3.63) is 0 Å². The number of hydrogen-bond acceptors (Lipinski definition) is 6. The summed E-state index contributed by atoms with van der Waals surface area (Å²) in [5.74, 6) is 0. The lowest BCUT2D eigenvalue weighted by molar-refractivity contribution is -0.136. The number of aldehydes is 1. The van der Waals surface area contributed by atoms with Gasteiger partial charge < -0.3 is 35.8 Å². The van der Waals surface area contributed by atoms with Crippen molar-refractivity contribution >= 4 is 6.29 Å². The van der Waals surface area contributed by atoms with E-state index in [9.17, 15) is 4.79 Å². The van der Waals surface area contributed by atoms with Crippen molar-refractivity contribution in [1.82, 2.24) is 0 Å². The van der Waals surface area contributed by atoms with Crippen LogP contribution in [0, 0.1) is 0 Å². The summed E-state index contributed by atoms with van der Waals surface area (Å²) < 4.78 is 0. The Morgan fingerprint density at radius 2 is 1.54 bits per heavy atom. The van der Waals surface area contributed by atoms with Crippen LogP contribution in [-0.2, 0) is 4.79 Å². The molecular weight excluding hydrogens is 184 g/mol. The fourth-order valence-corrected chi connectivity index (χ4v) is 0.618. The largest absolute Gasteiger partial charge is 0.412 e. The zero-order valence-corrected chi connectivity index (χ0v) is 6.74. The molecule has 0 unspecified atom stereocenters. The van der Waals surface area contributed by atoms with Gasteiger partial charge in [0, 0.05) is 0 Å². The molecule has 0 heterocycles. The van der Waals surface area contributed by atoms with Gasteiger partial charge in [-0.1, -0.05) is 0 Å². The lowest BCUT2D eigenvalue weighted by Gasteiger charge is -2.22. The summed E-state index contributed by atoms with van der Waals surface area (Å²) in [7, 11) is 0. The summed E-state index contributed by atoms with van der Waals surface area (Å²) in [6.45, 7) is -0.760. The monoisotopic (exact) mass is 198 g/mol. The van der Waals surface area contributed by atoms with Crippen molar-refractivity contribution in [2.45, 2.75) is 24.4 Å². The molecule has 13 heavy (non-hydrogen) atoms. The molecule has 80 valence electrons. The van der Waals surface area contributed by atoms with Gasteiger partial charge >= 0.3 is 0 Å². The smallest absolute Gasteiger partial charge is 0.151 e. The highest BCUT2D eigenvalue weighted by molar-refractivity contribution is 5.56. The molecule has 0 spiro atoms. The summed E-state index contributed by atoms with van der Waals surface area (Å²) in [5, 5.41) is 43.5. The van der Waals surface area contributed by atoms with Crippen LogP contribution in [0.5, 0.6) is 0 Å². The SMILES string of the molecule is O.O=C[C@@H](O)[C@H](O)[C@@H](O)[C@@H](O)CO. The van der Waals surface area contributed by atoms with E-state index in [1.807, 2.05) is 0 Å². The third-order valence-corrected chi connectivity index (χ3v) is 1.42. The van der Waals surface area contributed by atoms with Crippen LogP contribution in [0.1, 0.15) is 0 Å². The number of aliphatic hydroxyl groups excluding tert-OH is 5. The predicted molar refractivity (Wildman–Crippen MR) is 40.8 cm³/mol. The maximum atomic E-state index is 9.90. The third kappa shape index (κ3) is 4.27. The molecule has 4 atom stereocenters. The van der Waals surface area contributed by atoms with E-state index in [1.165, 1.54) is 0 Å². The van der Waals surface area contributed by atoms with Crippen LogP contribution in [0.3, 0.4) is 0 Å². The van der Waals surface area contributed by atoms with Gasteiger partial charge in [0.25, 0.3) is 0 Å². The van der Waals surface area contributed by atoms with Crippen molar-refractivity contribution in [2.75, 3.05) is 6.61 Å². The second-order valence-corrected chi connectivity index (χ2v) is 2.36. The average Bonchev–Trinajstić information content (AvgIpc) is 2.12. The highest BCUT2D eigenvalue weighted by Gasteiger charge is 2.29. The topological polar surface area (TPSA) is 150 Å². The number of aliphatic hydroxyl groups is 5. The van der Waals surface area contributed by atoms with E-state index in [1.54, 1.807) is 0 Å². The van der Waals surface area contributed by atoms with Crippen LogP contribution < -0.4 is 0 Å². The number of hydrogen-bond donors (Lipinski definition) is 5. The van der Waals surface area contributed by atoms with E-state index in [0.717, 1.165) is 0 Å². The van der Waals surface area contributed by atoms with Crippen LogP contribution in [0.25, 0.3) is 0 Å². The standard InChI is InChI=1S/C6H12O6.H2O/c7-1-3(9)5(11)6(12)4(10)2-8;/h1,3-6,8-12H,2H2;1H2/t3-,4+,5+,6+;/m1./s1. The highest BCUT2D eigenvalue weighted by atomic mass is 16.4. The van der Waals surface area contributed by atoms with Gasteiger partial charge in [-0.25, -0.2) is 0 Å². The first kappa shape index (κ1) is 14.9. The normalized spacial score (nSPS) is 19.5. The van der Waals surface area contributed by atoms with Gasteiger partial charge in [0.15, 0.2) is 6.29 Å². The summed E-state index contributed by atoms with van der Waals surface area (Å²) in [6.07, 6.45) is -6.84.